The zero-order valence-corrected chi connectivity index (χ0v) is 12.7. The lowest BCUT2D eigenvalue weighted by Gasteiger charge is -2.41. The molecule has 106 valence electrons. The highest BCUT2D eigenvalue weighted by Gasteiger charge is 2.30. The zero-order chi connectivity index (χ0) is 13.9. The van der Waals surface area contributed by atoms with Crippen molar-refractivity contribution in [2.45, 2.75) is 53.0 Å². The minimum Gasteiger partial charge on any atom is -0.399 e. The second kappa shape index (κ2) is 5.96. The molecule has 2 rings (SSSR count). The van der Waals surface area contributed by atoms with Crippen LogP contribution in [0.1, 0.15) is 50.7 Å². The summed E-state index contributed by atoms with van der Waals surface area (Å²) in [5.74, 6) is 0. The van der Waals surface area contributed by atoms with Gasteiger partial charge in [0, 0.05) is 12.2 Å². The normalized spacial score (nSPS) is 19.5. The van der Waals surface area contributed by atoms with Crippen LogP contribution < -0.4 is 5.73 Å². The van der Waals surface area contributed by atoms with Gasteiger partial charge in [0.15, 0.2) is 0 Å². The summed E-state index contributed by atoms with van der Waals surface area (Å²) < 4.78 is 0. The van der Waals surface area contributed by atoms with E-state index in [0.717, 1.165) is 12.2 Å². The Morgan fingerprint density at radius 3 is 2.32 bits per heavy atom. The van der Waals surface area contributed by atoms with Gasteiger partial charge in [-0.05, 0) is 55.5 Å². The first-order valence-electron chi connectivity index (χ1n) is 7.66. The molecule has 0 spiro atoms. The predicted octanol–water partition coefficient (Wildman–Crippen LogP) is 3.98. The quantitative estimate of drug-likeness (QED) is 0.830. The van der Waals surface area contributed by atoms with Crippen LogP contribution in [-0.4, -0.2) is 18.0 Å². The summed E-state index contributed by atoms with van der Waals surface area (Å²) in [5.41, 5.74) is 10.1. The molecule has 1 aromatic rings. The van der Waals surface area contributed by atoms with Gasteiger partial charge in [-0.15, -0.1) is 0 Å². The summed E-state index contributed by atoms with van der Waals surface area (Å²) in [7, 11) is 0. The Labute approximate surface area is 118 Å². The molecule has 0 radical (unpaired) electrons. The number of rotatable bonds is 4. The number of piperidine rings is 1. The van der Waals surface area contributed by atoms with Crippen molar-refractivity contribution in [1.29, 1.82) is 0 Å². The van der Waals surface area contributed by atoms with E-state index >= 15 is 0 Å². The summed E-state index contributed by atoms with van der Waals surface area (Å²) in [6.07, 6.45) is 5.35. The molecule has 0 saturated carbocycles. The van der Waals surface area contributed by atoms with E-state index in [9.17, 15) is 0 Å². The van der Waals surface area contributed by atoms with Gasteiger partial charge in [0.1, 0.15) is 0 Å². The third kappa shape index (κ3) is 3.30. The van der Waals surface area contributed by atoms with E-state index in [0.29, 0.717) is 5.41 Å². The predicted molar refractivity (Wildman–Crippen MR) is 83.1 cm³/mol. The maximum atomic E-state index is 5.99. The fraction of sp³-hybridized carbons (Fsp3) is 0.647. The molecule has 0 unspecified atom stereocenters. The van der Waals surface area contributed by atoms with Gasteiger partial charge in [0.05, 0.1) is 0 Å². The first-order valence-corrected chi connectivity index (χ1v) is 7.66. The summed E-state index contributed by atoms with van der Waals surface area (Å²) in [6.45, 7) is 10.3. The number of nitrogens with two attached hydrogens (primary N) is 1. The molecule has 2 N–H and O–H groups in total. The molecule has 2 nitrogen and oxygen atoms in total. The molecule has 2 heteroatoms. The van der Waals surface area contributed by atoms with Crippen LogP contribution in [0.5, 0.6) is 0 Å². The van der Waals surface area contributed by atoms with E-state index in [1.165, 1.54) is 49.9 Å². The number of nitrogens with zero attached hydrogens (tertiary/aromatic N) is 1. The molecule has 0 amide bonds. The molecule has 1 aliphatic rings. The molecule has 19 heavy (non-hydrogen) atoms. The van der Waals surface area contributed by atoms with Gasteiger partial charge in [0.2, 0.25) is 0 Å². The number of nitrogen functional groups attached to an aromatic ring is 1. The van der Waals surface area contributed by atoms with Crippen LogP contribution in [0.4, 0.5) is 5.69 Å². The molecular weight excluding hydrogens is 232 g/mol. The molecule has 1 saturated heterocycles. The maximum absolute atomic E-state index is 5.99. The van der Waals surface area contributed by atoms with E-state index in [2.05, 4.69) is 43.9 Å². The van der Waals surface area contributed by atoms with E-state index in [1.54, 1.807) is 0 Å². The molecule has 1 fully saturated rings. The molecule has 0 bridgehead atoms. The van der Waals surface area contributed by atoms with Crippen molar-refractivity contribution in [1.82, 2.24) is 4.90 Å². The lowest BCUT2D eigenvalue weighted by atomic mass is 9.74. The third-order valence-corrected chi connectivity index (χ3v) is 5.17. The molecule has 0 aromatic heterocycles. The fourth-order valence-electron chi connectivity index (χ4n) is 3.19. The lowest BCUT2D eigenvalue weighted by Crippen LogP contribution is -2.39. The van der Waals surface area contributed by atoms with Crippen LogP contribution in [-0.2, 0) is 6.54 Å². The van der Waals surface area contributed by atoms with E-state index in [-0.39, 0.29) is 0 Å². The van der Waals surface area contributed by atoms with Crippen LogP contribution in [0, 0.1) is 12.3 Å². The summed E-state index contributed by atoms with van der Waals surface area (Å²) in [6, 6.07) is 6.49. The van der Waals surface area contributed by atoms with Gasteiger partial charge >= 0.3 is 0 Å². The van der Waals surface area contributed by atoms with Crippen molar-refractivity contribution < 1.29 is 0 Å². The van der Waals surface area contributed by atoms with Gasteiger partial charge in [-0.2, -0.15) is 0 Å². The van der Waals surface area contributed by atoms with Crippen LogP contribution in [0.25, 0.3) is 0 Å². The smallest absolute Gasteiger partial charge is 0.0346 e. The SMILES string of the molecule is CCC1(CC)CCN(Cc2ccc(C)c(N)c2)CC1. The Morgan fingerprint density at radius 1 is 1.16 bits per heavy atom. The van der Waals surface area contributed by atoms with Crippen molar-refractivity contribution in [3.8, 4) is 0 Å². The average molecular weight is 260 g/mol. The molecule has 0 atom stereocenters. The molecule has 1 aromatic carbocycles. The van der Waals surface area contributed by atoms with Crippen molar-refractivity contribution in [3.05, 3.63) is 29.3 Å². The Hall–Kier alpha value is -1.02. The number of likely N-dealkylation sites (tertiary alicyclic amines) is 1. The largest absolute Gasteiger partial charge is 0.399 e. The van der Waals surface area contributed by atoms with Crippen molar-refractivity contribution >= 4 is 5.69 Å². The number of aryl methyl sites for hydroxylation is 1. The monoisotopic (exact) mass is 260 g/mol. The Bertz CT molecular complexity index is 411. The summed E-state index contributed by atoms with van der Waals surface area (Å²) in [4.78, 5) is 2.58. The van der Waals surface area contributed by atoms with Crippen molar-refractivity contribution in [2.24, 2.45) is 5.41 Å². The van der Waals surface area contributed by atoms with Crippen molar-refractivity contribution in [2.75, 3.05) is 18.8 Å². The van der Waals surface area contributed by atoms with Crippen LogP contribution >= 0.6 is 0 Å². The topological polar surface area (TPSA) is 29.3 Å². The molecular formula is C17H28N2. The summed E-state index contributed by atoms with van der Waals surface area (Å²) in [5, 5.41) is 0. The lowest BCUT2D eigenvalue weighted by molar-refractivity contribution is 0.0909. The highest BCUT2D eigenvalue weighted by molar-refractivity contribution is 5.48. The summed E-state index contributed by atoms with van der Waals surface area (Å²) >= 11 is 0. The van der Waals surface area contributed by atoms with Gasteiger partial charge in [-0.25, -0.2) is 0 Å². The number of hydrogen-bond donors (Lipinski definition) is 1. The minimum atomic E-state index is 0.614. The highest BCUT2D eigenvalue weighted by Crippen LogP contribution is 2.38. The number of benzene rings is 1. The standard InChI is InChI=1S/C17H28N2/c1-4-17(5-2)8-10-19(11-9-17)13-15-7-6-14(3)16(18)12-15/h6-7,12H,4-5,8-11,13,18H2,1-3H3. The fourth-order valence-corrected chi connectivity index (χ4v) is 3.19. The van der Waals surface area contributed by atoms with E-state index < -0.39 is 0 Å². The Kier molecular flexibility index (Phi) is 4.51. The van der Waals surface area contributed by atoms with Crippen LogP contribution in [0.3, 0.4) is 0 Å². The van der Waals surface area contributed by atoms with Crippen molar-refractivity contribution in [3.63, 3.8) is 0 Å². The highest BCUT2D eigenvalue weighted by atomic mass is 15.1. The van der Waals surface area contributed by atoms with Gasteiger partial charge in [-0.1, -0.05) is 38.8 Å². The van der Waals surface area contributed by atoms with E-state index in [4.69, 9.17) is 5.73 Å². The van der Waals surface area contributed by atoms with Gasteiger partial charge in [-0.3, -0.25) is 4.90 Å². The number of hydrogen-bond acceptors (Lipinski definition) is 2. The first kappa shape index (κ1) is 14.4. The van der Waals surface area contributed by atoms with Crippen LogP contribution in [0.15, 0.2) is 18.2 Å². The van der Waals surface area contributed by atoms with Gasteiger partial charge < -0.3 is 5.73 Å². The minimum absolute atomic E-state index is 0.614. The van der Waals surface area contributed by atoms with Gasteiger partial charge in [0.25, 0.3) is 0 Å². The second-order valence-electron chi connectivity index (χ2n) is 6.17. The molecule has 1 aliphatic heterocycles. The van der Waals surface area contributed by atoms with E-state index in [1.807, 2.05) is 0 Å². The molecule has 0 aliphatic carbocycles. The Morgan fingerprint density at radius 2 is 1.79 bits per heavy atom. The second-order valence-corrected chi connectivity index (χ2v) is 6.17. The third-order valence-electron chi connectivity index (χ3n) is 5.17. The van der Waals surface area contributed by atoms with Crippen LogP contribution in [0.2, 0.25) is 0 Å². The zero-order valence-electron chi connectivity index (χ0n) is 12.7. The maximum Gasteiger partial charge on any atom is 0.0346 e. The average Bonchev–Trinajstić information content (AvgIpc) is 2.44. The molecule has 1 heterocycles. The number of anilines is 1. The Balaban J connectivity index is 1.93. The first-order chi connectivity index (χ1) is 9.08.